The van der Waals surface area contributed by atoms with Crippen molar-refractivity contribution in [3.8, 4) is 0 Å². The summed E-state index contributed by atoms with van der Waals surface area (Å²) in [7, 11) is -2.95. The fourth-order valence-electron chi connectivity index (χ4n) is 2.94. The average molecular weight is 419 g/mol. The smallest absolute Gasteiger partial charge is 0.414 e. The molecule has 1 amide bonds. The zero-order chi connectivity index (χ0) is 19.6. The molecule has 148 valence electrons. The molecule has 3 rings (SSSR count). The monoisotopic (exact) mass is 419 g/mol. The second kappa shape index (κ2) is 7.93. The molecule has 0 bridgehead atoms. The fraction of sp³-hybridized carbons (Fsp3) is 0.500. The van der Waals surface area contributed by atoms with E-state index < -0.39 is 33.4 Å². The van der Waals surface area contributed by atoms with Crippen LogP contribution in [0.3, 0.4) is 0 Å². The lowest BCUT2D eigenvalue weighted by Crippen LogP contribution is -2.40. The molecule has 0 spiro atoms. The van der Waals surface area contributed by atoms with Gasteiger partial charge in [-0.1, -0.05) is 12.2 Å². The van der Waals surface area contributed by atoms with Crippen LogP contribution in [-0.4, -0.2) is 69.7 Å². The normalized spacial score (nSPS) is 22.0. The highest BCUT2D eigenvalue weighted by Gasteiger charge is 2.32. The summed E-state index contributed by atoms with van der Waals surface area (Å²) in [4.78, 5) is 14.9. The SMILES string of the molecule is O=C1O[C@@H](CNC(=S)C(F)F)CN1c1ccc(N2CCS(=O)(=O)CC2)cc1. The second-order valence-electron chi connectivity index (χ2n) is 6.32. The Morgan fingerprint density at radius 2 is 1.81 bits per heavy atom. The van der Waals surface area contributed by atoms with Crippen LogP contribution in [-0.2, 0) is 14.6 Å². The van der Waals surface area contributed by atoms with Gasteiger partial charge in [-0.3, -0.25) is 4.90 Å². The van der Waals surface area contributed by atoms with E-state index in [4.69, 9.17) is 4.74 Å². The predicted octanol–water partition coefficient (Wildman–Crippen LogP) is 1.43. The number of nitrogens with one attached hydrogen (secondary N) is 1. The number of carbonyl (C=O) groups excluding carboxylic acids is 1. The van der Waals surface area contributed by atoms with E-state index in [0.29, 0.717) is 18.8 Å². The van der Waals surface area contributed by atoms with E-state index in [-0.39, 0.29) is 24.6 Å². The first kappa shape index (κ1) is 19.7. The van der Waals surface area contributed by atoms with Gasteiger partial charge >= 0.3 is 6.09 Å². The van der Waals surface area contributed by atoms with E-state index in [9.17, 15) is 22.0 Å². The van der Waals surface area contributed by atoms with Gasteiger partial charge in [0.1, 0.15) is 11.1 Å². The number of thiocarbonyl (C=S) groups is 1. The third kappa shape index (κ3) is 4.83. The van der Waals surface area contributed by atoms with Crippen LogP contribution in [0.1, 0.15) is 0 Å². The number of hydrogen-bond acceptors (Lipinski definition) is 6. The number of sulfone groups is 1. The largest absolute Gasteiger partial charge is 0.442 e. The molecule has 0 aromatic heterocycles. The first-order valence-electron chi connectivity index (χ1n) is 8.34. The maximum atomic E-state index is 12.4. The first-order chi connectivity index (χ1) is 12.7. The molecule has 0 unspecified atom stereocenters. The number of anilines is 2. The molecular formula is C16H19F2N3O4S2. The number of alkyl halides is 2. The molecule has 27 heavy (non-hydrogen) atoms. The molecule has 0 saturated carbocycles. The molecule has 1 atom stereocenters. The van der Waals surface area contributed by atoms with Crippen LogP contribution in [0, 0.1) is 0 Å². The van der Waals surface area contributed by atoms with Crippen LogP contribution in [0.15, 0.2) is 24.3 Å². The van der Waals surface area contributed by atoms with Crippen LogP contribution in [0.25, 0.3) is 0 Å². The summed E-state index contributed by atoms with van der Waals surface area (Å²) in [6.45, 7) is 1.11. The molecule has 2 heterocycles. The second-order valence-corrected chi connectivity index (χ2v) is 9.06. The minimum Gasteiger partial charge on any atom is -0.442 e. The molecule has 2 aliphatic rings. The van der Waals surface area contributed by atoms with Gasteiger partial charge in [0.25, 0.3) is 6.43 Å². The zero-order valence-corrected chi connectivity index (χ0v) is 15.9. The van der Waals surface area contributed by atoms with Crippen molar-refractivity contribution in [2.75, 3.05) is 47.5 Å². The van der Waals surface area contributed by atoms with Gasteiger partial charge in [-0.25, -0.2) is 22.0 Å². The van der Waals surface area contributed by atoms with Gasteiger partial charge in [0.2, 0.25) is 0 Å². The summed E-state index contributed by atoms with van der Waals surface area (Å²) in [5, 5.41) is 2.40. The summed E-state index contributed by atoms with van der Waals surface area (Å²) in [5.74, 6) is 0.255. The lowest BCUT2D eigenvalue weighted by Gasteiger charge is -2.29. The Kier molecular flexibility index (Phi) is 5.80. The number of amides is 1. The van der Waals surface area contributed by atoms with Crippen molar-refractivity contribution in [3.63, 3.8) is 0 Å². The topological polar surface area (TPSA) is 79.0 Å². The Bertz CT molecular complexity index is 803. The van der Waals surface area contributed by atoms with E-state index in [0.717, 1.165) is 5.69 Å². The number of halogens is 2. The standard InChI is InChI=1S/C16H19F2N3O4S2/c17-14(18)15(26)19-9-13-10-21(16(22)25-13)12-3-1-11(2-4-12)20-5-7-27(23,24)8-6-20/h1-4,13-14H,5-10H2,(H,19,26)/t13-/m0/s1. The minimum atomic E-state index is -2.95. The average Bonchev–Trinajstić information content (AvgIpc) is 3.00. The Balaban J connectivity index is 1.58. The maximum Gasteiger partial charge on any atom is 0.414 e. The lowest BCUT2D eigenvalue weighted by atomic mass is 10.2. The quantitative estimate of drug-likeness (QED) is 0.724. The van der Waals surface area contributed by atoms with E-state index >= 15 is 0 Å². The van der Waals surface area contributed by atoms with Crippen LogP contribution >= 0.6 is 12.2 Å². The summed E-state index contributed by atoms with van der Waals surface area (Å²) >= 11 is 4.50. The van der Waals surface area contributed by atoms with Crippen molar-refractivity contribution < 1.29 is 26.7 Å². The number of carbonyl (C=O) groups is 1. The van der Waals surface area contributed by atoms with E-state index in [2.05, 4.69) is 17.5 Å². The van der Waals surface area contributed by atoms with Gasteiger partial charge in [0, 0.05) is 24.5 Å². The number of nitrogens with zero attached hydrogens (tertiary/aromatic N) is 2. The Hall–Kier alpha value is -2.01. The van der Waals surface area contributed by atoms with Crippen LogP contribution in [0.4, 0.5) is 25.0 Å². The lowest BCUT2D eigenvalue weighted by molar-refractivity contribution is 0.142. The summed E-state index contributed by atoms with van der Waals surface area (Å²) in [6, 6.07) is 7.13. The molecule has 1 aromatic carbocycles. The summed E-state index contributed by atoms with van der Waals surface area (Å²) in [6.07, 6.45) is -3.88. The van der Waals surface area contributed by atoms with Gasteiger partial charge in [0.05, 0.1) is 24.6 Å². The maximum absolute atomic E-state index is 12.4. The third-order valence-electron chi connectivity index (χ3n) is 4.45. The summed E-state index contributed by atoms with van der Waals surface area (Å²) < 4.78 is 53.0. The highest BCUT2D eigenvalue weighted by Crippen LogP contribution is 2.25. The molecule has 2 fully saturated rings. The van der Waals surface area contributed by atoms with Crippen molar-refractivity contribution in [2.45, 2.75) is 12.5 Å². The zero-order valence-electron chi connectivity index (χ0n) is 14.3. The first-order valence-corrected chi connectivity index (χ1v) is 10.6. The Morgan fingerprint density at radius 3 is 2.41 bits per heavy atom. The number of rotatable bonds is 5. The molecule has 1 aromatic rings. The van der Waals surface area contributed by atoms with Gasteiger partial charge in [0.15, 0.2) is 9.84 Å². The van der Waals surface area contributed by atoms with Crippen molar-refractivity contribution in [3.05, 3.63) is 24.3 Å². The van der Waals surface area contributed by atoms with E-state index in [1.54, 1.807) is 12.1 Å². The van der Waals surface area contributed by atoms with Gasteiger partial charge in [-0.15, -0.1) is 0 Å². The highest BCUT2D eigenvalue weighted by molar-refractivity contribution is 7.91. The number of cyclic esters (lactones) is 1. The minimum absolute atomic E-state index is 0.0196. The number of benzene rings is 1. The van der Waals surface area contributed by atoms with Gasteiger partial charge in [-0.05, 0) is 24.3 Å². The summed E-state index contributed by atoms with van der Waals surface area (Å²) in [5.41, 5.74) is 1.49. The van der Waals surface area contributed by atoms with Crippen LogP contribution in [0.2, 0.25) is 0 Å². The van der Waals surface area contributed by atoms with Gasteiger partial charge < -0.3 is 15.0 Å². The molecular weight excluding hydrogens is 400 g/mol. The Morgan fingerprint density at radius 1 is 1.22 bits per heavy atom. The van der Waals surface area contributed by atoms with Crippen molar-refractivity contribution >= 4 is 44.5 Å². The molecule has 0 aliphatic carbocycles. The molecule has 1 N–H and O–H groups in total. The van der Waals surface area contributed by atoms with E-state index in [1.165, 1.54) is 4.90 Å². The van der Waals surface area contributed by atoms with Crippen molar-refractivity contribution in [1.29, 1.82) is 0 Å². The molecule has 2 aliphatic heterocycles. The van der Waals surface area contributed by atoms with Crippen molar-refractivity contribution in [2.24, 2.45) is 0 Å². The molecule has 7 nitrogen and oxygen atoms in total. The predicted molar refractivity (Wildman–Crippen MR) is 102 cm³/mol. The Labute approximate surface area is 161 Å². The molecule has 11 heteroatoms. The number of hydrogen-bond donors (Lipinski definition) is 1. The molecule has 0 radical (unpaired) electrons. The van der Waals surface area contributed by atoms with Crippen LogP contribution < -0.4 is 15.1 Å². The van der Waals surface area contributed by atoms with Crippen molar-refractivity contribution in [1.82, 2.24) is 5.32 Å². The van der Waals surface area contributed by atoms with Crippen LogP contribution in [0.5, 0.6) is 0 Å². The molecule has 2 saturated heterocycles. The third-order valence-corrected chi connectivity index (χ3v) is 6.38. The fourth-order valence-corrected chi connectivity index (χ4v) is 4.23. The number of ether oxygens (including phenoxy) is 1. The van der Waals surface area contributed by atoms with Gasteiger partial charge in [-0.2, -0.15) is 0 Å². The highest BCUT2D eigenvalue weighted by atomic mass is 32.2. The van der Waals surface area contributed by atoms with E-state index in [1.807, 2.05) is 17.0 Å².